The quantitative estimate of drug-likeness (QED) is 0.216. The molecule has 10 heteroatoms. The lowest BCUT2D eigenvalue weighted by Crippen LogP contribution is -2.16. The van der Waals surface area contributed by atoms with Gasteiger partial charge in [-0.05, 0) is 30.4 Å². The maximum Gasteiger partial charge on any atom is 0.310 e. The Morgan fingerprint density at radius 3 is 2.97 bits per heavy atom. The molecule has 1 aromatic carbocycles. The van der Waals surface area contributed by atoms with E-state index in [4.69, 9.17) is 9.47 Å². The molecule has 1 unspecified atom stereocenters. The number of hydrogen-bond acceptors (Lipinski definition) is 8. The summed E-state index contributed by atoms with van der Waals surface area (Å²) in [6.07, 6.45) is 2.28. The molecule has 2 aromatic heterocycles. The molecule has 0 aliphatic carbocycles. The van der Waals surface area contributed by atoms with Crippen LogP contribution in [0.5, 0.6) is 5.75 Å². The van der Waals surface area contributed by atoms with Crippen molar-refractivity contribution in [1.82, 2.24) is 14.8 Å². The van der Waals surface area contributed by atoms with Gasteiger partial charge in [0.2, 0.25) is 0 Å². The van der Waals surface area contributed by atoms with Crippen molar-refractivity contribution in [2.45, 2.75) is 30.6 Å². The topological polar surface area (TPSA) is 92.3 Å². The minimum Gasteiger partial charge on any atom is -0.486 e. The molecule has 1 fully saturated rings. The maximum atomic E-state index is 11.1. The van der Waals surface area contributed by atoms with Crippen molar-refractivity contribution in [2.24, 2.45) is 0 Å². The van der Waals surface area contributed by atoms with Crippen LogP contribution < -0.4 is 4.74 Å². The predicted molar refractivity (Wildman–Crippen MR) is 112 cm³/mol. The lowest BCUT2D eigenvalue weighted by Gasteiger charge is -2.14. The van der Waals surface area contributed by atoms with Gasteiger partial charge in [0.1, 0.15) is 0 Å². The molecule has 0 radical (unpaired) electrons. The predicted octanol–water partition coefficient (Wildman–Crippen LogP) is 4.26. The van der Waals surface area contributed by atoms with Crippen molar-refractivity contribution in [3.8, 4) is 16.5 Å². The first-order valence-electron chi connectivity index (χ1n) is 9.30. The van der Waals surface area contributed by atoms with Crippen molar-refractivity contribution in [3.63, 3.8) is 0 Å². The summed E-state index contributed by atoms with van der Waals surface area (Å²) < 4.78 is 13.5. The minimum absolute atomic E-state index is 0.0287. The molecule has 0 bridgehead atoms. The van der Waals surface area contributed by atoms with E-state index in [9.17, 15) is 10.1 Å². The van der Waals surface area contributed by atoms with Gasteiger partial charge in [0.25, 0.3) is 0 Å². The molecule has 0 N–H and O–H groups in total. The number of thiophene rings is 1. The zero-order valence-electron chi connectivity index (χ0n) is 15.6. The fourth-order valence-corrected chi connectivity index (χ4v) is 4.64. The van der Waals surface area contributed by atoms with E-state index in [1.165, 1.54) is 17.8 Å². The van der Waals surface area contributed by atoms with Crippen LogP contribution in [-0.4, -0.2) is 44.8 Å². The van der Waals surface area contributed by atoms with Crippen LogP contribution >= 0.6 is 23.1 Å². The molecule has 3 aromatic rings. The van der Waals surface area contributed by atoms with Gasteiger partial charge in [-0.25, -0.2) is 0 Å². The number of rotatable bonds is 9. The normalized spacial score (nSPS) is 16.2. The van der Waals surface area contributed by atoms with Crippen LogP contribution in [-0.2, 0) is 11.3 Å². The first-order chi connectivity index (χ1) is 14.2. The third-order valence-corrected chi connectivity index (χ3v) is 6.30. The van der Waals surface area contributed by atoms with Crippen molar-refractivity contribution < 1.29 is 14.4 Å². The molecule has 1 aliphatic rings. The fraction of sp³-hybridized carbons (Fsp3) is 0.368. The molecular formula is C19H20N4O4S2. The van der Waals surface area contributed by atoms with Crippen LogP contribution in [0.2, 0.25) is 0 Å². The zero-order valence-corrected chi connectivity index (χ0v) is 17.2. The summed E-state index contributed by atoms with van der Waals surface area (Å²) in [5.74, 6) is 1.72. The van der Waals surface area contributed by atoms with E-state index in [-0.39, 0.29) is 17.5 Å². The van der Waals surface area contributed by atoms with Gasteiger partial charge >= 0.3 is 5.69 Å². The van der Waals surface area contributed by atoms with Crippen molar-refractivity contribution in [1.29, 1.82) is 0 Å². The Balaban J connectivity index is 1.42. The number of nitro benzene ring substituents is 1. The van der Waals surface area contributed by atoms with Crippen LogP contribution in [0.15, 0.2) is 46.9 Å². The summed E-state index contributed by atoms with van der Waals surface area (Å²) in [5.41, 5.74) is -0.0287. The Bertz CT molecular complexity index is 955. The lowest BCUT2D eigenvalue weighted by molar-refractivity contribution is -0.385. The van der Waals surface area contributed by atoms with Crippen molar-refractivity contribution >= 4 is 28.8 Å². The molecule has 8 nitrogen and oxygen atoms in total. The highest BCUT2D eigenvalue weighted by Gasteiger charge is 2.22. The fourth-order valence-electron chi connectivity index (χ4n) is 3.15. The average Bonchev–Trinajstić information content (AvgIpc) is 3.48. The van der Waals surface area contributed by atoms with E-state index in [1.807, 2.05) is 17.5 Å². The van der Waals surface area contributed by atoms with Gasteiger partial charge in [-0.15, -0.1) is 21.5 Å². The smallest absolute Gasteiger partial charge is 0.310 e. The molecule has 3 heterocycles. The van der Waals surface area contributed by atoms with Gasteiger partial charge in [-0.1, -0.05) is 30.0 Å². The van der Waals surface area contributed by atoms with E-state index in [0.717, 1.165) is 35.3 Å². The lowest BCUT2D eigenvalue weighted by atomic mass is 10.2. The van der Waals surface area contributed by atoms with Crippen LogP contribution in [0, 0.1) is 10.1 Å². The molecule has 29 heavy (non-hydrogen) atoms. The third kappa shape index (κ3) is 4.77. The number of para-hydroxylation sites is 2. The van der Waals surface area contributed by atoms with Gasteiger partial charge < -0.3 is 9.47 Å². The number of benzene rings is 1. The first kappa shape index (κ1) is 19.9. The summed E-state index contributed by atoms with van der Waals surface area (Å²) in [7, 11) is 0. The molecular weight excluding hydrogens is 412 g/mol. The van der Waals surface area contributed by atoms with E-state index in [0.29, 0.717) is 18.9 Å². The third-order valence-electron chi connectivity index (χ3n) is 4.50. The number of aromatic nitrogens is 3. The highest BCUT2D eigenvalue weighted by atomic mass is 32.2. The Hall–Kier alpha value is -2.43. The Morgan fingerprint density at radius 2 is 2.21 bits per heavy atom. The summed E-state index contributed by atoms with van der Waals surface area (Å²) in [6, 6.07) is 10.4. The van der Waals surface area contributed by atoms with E-state index in [2.05, 4.69) is 14.8 Å². The summed E-state index contributed by atoms with van der Waals surface area (Å²) in [4.78, 5) is 11.7. The van der Waals surface area contributed by atoms with Gasteiger partial charge in [0.05, 0.1) is 29.1 Å². The monoisotopic (exact) mass is 432 g/mol. The Kier molecular flexibility index (Phi) is 6.43. The number of ether oxygens (including phenoxy) is 2. The van der Waals surface area contributed by atoms with E-state index >= 15 is 0 Å². The maximum absolute atomic E-state index is 11.1. The van der Waals surface area contributed by atoms with Crippen LogP contribution in [0.3, 0.4) is 0 Å². The van der Waals surface area contributed by atoms with E-state index in [1.54, 1.807) is 29.5 Å². The van der Waals surface area contributed by atoms with Gasteiger partial charge in [0.15, 0.2) is 16.7 Å². The molecule has 1 aliphatic heterocycles. The molecule has 4 rings (SSSR count). The summed E-state index contributed by atoms with van der Waals surface area (Å²) in [5, 5.41) is 22.7. The highest BCUT2D eigenvalue weighted by molar-refractivity contribution is 7.99. The molecule has 1 atom stereocenters. The van der Waals surface area contributed by atoms with Crippen LogP contribution in [0.25, 0.3) is 10.7 Å². The Labute approximate surface area is 176 Å². The summed E-state index contributed by atoms with van der Waals surface area (Å²) >= 11 is 3.16. The molecule has 0 amide bonds. The van der Waals surface area contributed by atoms with Crippen LogP contribution in [0.1, 0.15) is 12.8 Å². The number of nitrogens with zero attached hydrogens (tertiary/aromatic N) is 4. The van der Waals surface area contributed by atoms with Crippen LogP contribution in [0.4, 0.5) is 5.69 Å². The van der Waals surface area contributed by atoms with E-state index < -0.39 is 4.92 Å². The molecule has 0 saturated carbocycles. The van der Waals surface area contributed by atoms with Gasteiger partial charge in [0, 0.05) is 18.4 Å². The SMILES string of the molecule is O=[N+]([O-])c1ccccc1OCCSc1nnc(-c2cccs2)n1CC1CCCO1. The second kappa shape index (κ2) is 9.38. The molecule has 1 saturated heterocycles. The number of thioether (sulfide) groups is 1. The highest BCUT2D eigenvalue weighted by Crippen LogP contribution is 2.30. The van der Waals surface area contributed by atoms with Crippen molar-refractivity contribution in [3.05, 3.63) is 51.9 Å². The molecule has 152 valence electrons. The first-order valence-corrected chi connectivity index (χ1v) is 11.2. The van der Waals surface area contributed by atoms with Gasteiger partial charge in [-0.3, -0.25) is 14.7 Å². The average molecular weight is 433 g/mol. The van der Waals surface area contributed by atoms with Crippen molar-refractivity contribution in [2.75, 3.05) is 19.0 Å². The standard InChI is InChI=1S/C19H20N4O4S2/c24-23(25)15-6-1-2-7-16(15)27-10-12-29-19-21-20-18(17-8-4-11-28-17)22(19)13-14-5-3-9-26-14/h1-2,4,6-8,11,14H,3,5,9-10,12-13H2. The zero-order chi connectivity index (χ0) is 20.1. The second-order valence-corrected chi connectivity index (χ2v) is 8.46. The Morgan fingerprint density at radius 1 is 1.31 bits per heavy atom. The second-order valence-electron chi connectivity index (χ2n) is 6.45. The number of nitro groups is 1. The summed E-state index contributed by atoms with van der Waals surface area (Å²) in [6.45, 7) is 1.84. The minimum atomic E-state index is -0.436. The van der Waals surface area contributed by atoms with Gasteiger partial charge in [-0.2, -0.15) is 0 Å². The molecule has 0 spiro atoms. The largest absolute Gasteiger partial charge is 0.486 e. The number of hydrogen-bond donors (Lipinski definition) is 0.